The lowest BCUT2D eigenvalue weighted by atomic mass is 10.1. The van der Waals surface area contributed by atoms with E-state index in [9.17, 15) is 13.2 Å². The second-order valence-corrected chi connectivity index (χ2v) is 13.1. The standard InChI is InChI=1S/C24H29N11O4S2/c1-14-8-19-20(10-26-14)40-23(27-19)24(36)35-7-6-33(13-18(35)4-5-21-28-31-32-29-21)41(38,39)34-11-16-3-2-15(22(25)30-37)9-17(16)12-34/h2-3,9,11-12,14,18,26,37H,4-8,10,13H2,1H3,(H2,25,30)(H,28,29,31,32). The molecule has 2 aliphatic heterocycles. The normalized spacial score (nSPS) is 20.4. The number of piperazine rings is 1. The minimum absolute atomic E-state index is 0.0695. The molecule has 3 aromatic heterocycles. The van der Waals surface area contributed by atoms with Gasteiger partial charge >= 0.3 is 10.2 Å². The second-order valence-electron chi connectivity index (χ2n) is 10.2. The van der Waals surface area contributed by atoms with Gasteiger partial charge in [-0.2, -0.15) is 12.7 Å². The van der Waals surface area contributed by atoms with Gasteiger partial charge in [-0.1, -0.05) is 17.3 Å². The number of nitrogens with zero attached hydrogens (tertiary/aromatic N) is 8. The Hall–Kier alpha value is -3.93. The lowest BCUT2D eigenvalue weighted by Gasteiger charge is -2.40. The smallest absolute Gasteiger partial charge is 0.307 e. The van der Waals surface area contributed by atoms with Crippen molar-refractivity contribution >= 4 is 44.1 Å². The second kappa shape index (κ2) is 10.8. The van der Waals surface area contributed by atoms with Crippen molar-refractivity contribution in [1.82, 2.24) is 44.1 Å². The number of aromatic amines is 1. The quantitative estimate of drug-likeness (QED) is 0.0990. The van der Waals surface area contributed by atoms with E-state index >= 15 is 0 Å². The van der Waals surface area contributed by atoms with Gasteiger partial charge in [0, 0.05) is 84.7 Å². The van der Waals surface area contributed by atoms with E-state index in [-0.39, 0.29) is 31.4 Å². The molecule has 2 atom stereocenters. The Balaban J connectivity index is 1.26. The average Bonchev–Trinajstić information content (AvgIpc) is 3.74. The summed E-state index contributed by atoms with van der Waals surface area (Å²) in [5.74, 6) is 0.289. The SMILES string of the molecule is CC1Cc2nc(C(=O)N3CCN(S(=O)(=O)n4cc5ccc(/C(N)=N\O)cc5c4)CC3CCc3nnn[nH]3)sc2CN1. The molecule has 5 N–H and O–H groups in total. The lowest BCUT2D eigenvalue weighted by molar-refractivity contribution is 0.0549. The van der Waals surface area contributed by atoms with Gasteiger partial charge in [0.2, 0.25) is 0 Å². The third kappa shape index (κ3) is 5.28. The number of nitrogens with one attached hydrogen (secondary N) is 2. The zero-order chi connectivity index (χ0) is 28.7. The summed E-state index contributed by atoms with van der Waals surface area (Å²) < 4.78 is 30.1. The number of thiazole rings is 1. The molecule has 4 aromatic rings. The largest absolute Gasteiger partial charge is 0.409 e. The summed E-state index contributed by atoms with van der Waals surface area (Å²) in [5, 5.41) is 31.0. The van der Waals surface area contributed by atoms with Gasteiger partial charge in [-0.3, -0.25) is 4.79 Å². The van der Waals surface area contributed by atoms with E-state index in [1.54, 1.807) is 23.1 Å². The highest BCUT2D eigenvalue weighted by Gasteiger charge is 2.38. The number of H-pyrrole nitrogens is 1. The summed E-state index contributed by atoms with van der Waals surface area (Å²) in [6, 6.07) is 4.89. The zero-order valence-electron chi connectivity index (χ0n) is 22.1. The van der Waals surface area contributed by atoms with Gasteiger partial charge < -0.3 is 21.2 Å². The molecular formula is C24H29N11O4S2. The Bertz CT molecular complexity index is 1710. The first-order chi connectivity index (χ1) is 19.7. The number of tetrazole rings is 1. The summed E-state index contributed by atoms with van der Waals surface area (Å²) in [6.45, 7) is 3.21. The van der Waals surface area contributed by atoms with E-state index < -0.39 is 16.3 Å². The van der Waals surface area contributed by atoms with Crippen molar-refractivity contribution in [3.8, 4) is 0 Å². The monoisotopic (exact) mass is 599 g/mol. The number of fused-ring (bicyclic) bond motifs is 2. The van der Waals surface area contributed by atoms with Crippen molar-refractivity contribution in [3.05, 3.63) is 57.6 Å². The highest BCUT2D eigenvalue weighted by atomic mass is 32.2. The molecule has 0 radical (unpaired) electrons. The third-order valence-electron chi connectivity index (χ3n) is 7.50. The van der Waals surface area contributed by atoms with Crippen LogP contribution in [0.2, 0.25) is 0 Å². The van der Waals surface area contributed by atoms with Crippen molar-refractivity contribution in [2.75, 3.05) is 19.6 Å². The molecule has 1 amide bonds. The Morgan fingerprint density at radius 2 is 2.10 bits per heavy atom. The molecule has 1 saturated heterocycles. The Morgan fingerprint density at radius 3 is 2.88 bits per heavy atom. The minimum Gasteiger partial charge on any atom is -0.409 e. The molecule has 6 rings (SSSR count). The first-order valence-electron chi connectivity index (χ1n) is 13.1. The number of hydrogen-bond donors (Lipinski definition) is 4. The molecule has 15 nitrogen and oxygen atoms in total. The van der Waals surface area contributed by atoms with Gasteiger partial charge in [-0.05, 0) is 29.8 Å². The van der Waals surface area contributed by atoms with E-state index in [0.29, 0.717) is 52.6 Å². The summed E-state index contributed by atoms with van der Waals surface area (Å²) in [7, 11) is -3.96. The number of benzene rings is 1. The van der Waals surface area contributed by atoms with Crippen LogP contribution < -0.4 is 11.1 Å². The van der Waals surface area contributed by atoms with Gasteiger partial charge in [0.15, 0.2) is 10.8 Å². The van der Waals surface area contributed by atoms with Crippen LogP contribution in [0, 0.1) is 0 Å². The van der Waals surface area contributed by atoms with E-state index in [1.807, 2.05) is 0 Å². The molecule has 0 bridgehead atoms. The van der Waals surface area contributed by atoms with E-state index in [1.165, 1.54) is 32.0 Å². The summed E-state index contributed by atoms with van der Waals surface area (Å²) in [4.78, 5) is 21.2. The predicted octanol–water partition coefficient (Wildman–Crippen LogP) is 0.292. The maximum absolute atomic E-state index is 13.8. The molecule has 0 spiro atoms. The molecule has 0 aliphatic carbocycles. The number of aryl methyl sites for hydroxylation is 1. The number of amides is 1. The number of carbonyl (C=O) groups excluding carboxylic acids is 1. The number of oxime groups is 1. The minimum atomic E-state index is -3.96. The molecule has 5 heterocycles. The Labute approximate surface area is 239 Å². The van der Waals surface area contributed by atoms with Crippen LogP contribution in [0.3, 0.4) is 0 Å². The van der Waals surface area contributed by atoms with Crippen LogP contribution in [0.15, 0.2) is 35.7 Å². The van der Waals surface area contributed by atoms with Crippen molar-refractivity contribution in [2.24, 2.45) is 10.9 Å². The highest BCUT2D eigenvalue weighted by Crippen LogP contribution is 2.28. The molecular weight excluding hydrogens is 570 g/mol. The summed E-state index contributed by atoms with van der Waals surface area (Å²) >= 11 is 1.40. The van der Waals surface area contributed by atoms with Crippen molar-refractivity contribution in [2.45, 2.75) is 44.8 Å². The summed E-state index contributed by atoms with van der Waals surface area (Å²) in [6.07, 6.45) is 4.69. The molecule has 1 fully saturated rings. The maximum Gasteiger partial charge on any atom is 0.307 e. The molecule has 1 aromatic carbocycles. The fraction of sp³-hybridized carbons (Fsp3) is 0.417. The fourth-order valence-electron chi connectivity index (χ4n) is 5.26. The van der Waals surface area contributed by atoms with Gasteiger partial charge in [-0.25, -0.2) is 14.1 Å². The lowest BCUT2D eigenvalue weighted by Crippen LogP contribution is -2.57. The predicted molar refractivity (Wildman–Crippen MR) is 150 cm³/mol. The molecule has 17 heteroatoms. The van der Waals surface area contributed by atoms with E-state index in [0.717, 1.165) is 17.0 Å². The fourth-order valence-corrected chi connectivity index (χ4v) is 7.69. The third-order valence-corrected chi connectivity index (χ3v) is 10.3. The van der Waals surface area contributed by atoms with Crippen molar-refractivity contribution < 1.29 is 18.4 Å². The van der Waals surface area contributed by atoms with Crippen LogP contribution in [0.1, 0.15) is 45.1 Å². The first kappa shape index (κ1) is 27.3. The molecule has 216 valence electrons. The summed E-state index contributed by atoms with van der Waals surface area (Å²) in [5.41, 5.74) is 7.12. The Kier molecular flexibility index (Phi) is 7.18. The van der Waals surface area contributed by atoms with Gasteiger partial charge in [0.25, 0.3) is 5.91 Å². The number of aromatic nitrogens is 6. The highest BCUT2D eigenvalue weighted by molar-refractivity contribution is 7.87. The zero-order valence-corrected chi connectivity index (χ0v) is 23.8. The average molecular weight is 600 g/mol. The maximum atomic E-state index is 13.8. The van der Waals surface area contributed by atoms with Crippen LogP contribution in [0.4, 0.5) is 0 Å². The van der Waals surface area contributed by atoms with Crippen LogP contribution in [0.5, 0.6) is 0 Å². The molecule has 2 unspecified atom stereocenters. The first-order valence-corrected chi connectivity index (χ1v) is 15.3. The molecule has 41 heavy (non-hydrogen) atoms. The topological polar surface area (TPSA) is 201 Å². The Morgan fingerprint density at radius 1 is 1.27 bits per heavy atom. The van der Waals surface area contributed by atoms with Crippen LogP contribution >= 0.6 is 11.3 Å². The van der Waals surface area contributed by atoms with Crippen LogP contribution in [-0.2, 0) is 29.6 Å². The van der Waals surface area contributed by atoms with E-state index in [4.69, 9.17) is 10.9 Å². The number of hydrogen-bond acceptors (Lipinski definition) is 11. The number of carbonyl (C=O) groups is 1. The van der Waals surface area contributed by atoms with Gasteiger partial charge in [0.05, 0.1) is 5.69 Å². The van der Waals surface area contributed by atoms with Crippen molar-refractivity contribution in [3.63, 3.8) is 0 Å². The number of rotatable bonds is 7. The van der Waals surface area contributed by atoms with E-state index in [2.05, 4.69) is 43.0 Å². The van der Waals surface area contributed by atoms with Crippen LogP contribution in [0.25, 0.3) is 10.8 Å². The number of nitrogens with two attached hydrogens (primary N) is 1. The van der Waals surface area contributed by atoms with Gasteiger partial charge in [-0.15, -0.1) is 16.4 Å². The molecule has 2 aliphatic rings. The van der Waals surface area contributed by atoms with Crippen LogP contribution in [-0.4, -0.2) is 95.9 Å². The van der Waals surface area contributed by atoms with Gasteiger partial charge in [0.1, 0.15) is 5.82 Å². The molecule has 0 saturated carbocycles. The number of amidine groups is 1. The van der Waals surface area contributed by atoms with Crippen molar-refractivity contribution in [1.29, 1.82) is 0 Å².